The number of carbonyl (C=O) groups excluding carboxylic acids is 2. The molecule has 2 N–H and O–H groups in total. The fourth-order valence-electron chi connectivity index (χ4n) is 7.07. The van der Waals surface area contributed by atoms with Crippen LogP contribution in [0.1, 0.15) is 78.1 Å². The van der Waals surface area contributed by atoms with Crippen LogP contribution in [0.25, 0.3) is 0 Å². The van der Waals surface area contributed by atoms with Gasteiger partial charge in [0.2, 0.25) is 0 Å². The smallest absolute Gasteiger partial charge is 0.337 e. The highest BCUT2D eigenvalue weighted by molar-refractivity contribution is 8.77. The molecule has 202 valence electrons. The molecule has 2 aliphatic carbocycles. The van der Waals surface area contributed by atoms with Crippen LogP contribution in [0.5, 0.6) is 0 Å². The number of hydrogen-bond acceptors (Lipinski definition) is 8. The lowest BCUT2D eigenvalue weighted by atomic mass is 9.46. The molecule has 0 aromatic heterocycles. The number of hydrogen-bond donors (Lipinski definition) is 2. The molecule has 4 rings (SSSR count). The topological polar surface area (TPSA) is 93.1 Å². The second kappa shape index (κ2) is 11.8. The first kappa shape index (κ1) is 28.1. The van der Waals surface area contributed by atoms with Crippen molar-refractivity contribution in [3.63, 3.8) is 0 Å². The van der Waals surface area contributed by atoms with Gasteiger partial charge >= 0.3 is 11.9 Å². The van der Waals surface area contributed by atoms with Crippen LogP contribution >= 0.6 is 21.6 Å². The van der Waals surface area contributed by atoms with Gasteiger partial charge in [-0.15, -0.1) is 0 Å². The molecule has 36 heavy (non-hydrogen) atoms. The number of rotatable bonds is 9. The summed E-state index contributed by atoms with van der Waals surface area (Å²) in [6, 6.07) is 0. The molecule has 0 aromatic carbocycles. The van der Waals surface area contributed by atoms with Gasteiger partial charge in [-0.05, 0) is 68.6 Å². The molecular weight excluding hydrogens is 496 g/mol. The van der Waals surface area contributed by atoms with Crippen molar-refractivity contribution in [1.29, 1.82) is 0 Å². The molecule has 2 saturated carbocycles. The average molecular weight is 539 g/mol. The van der Waals surface area contributed by atoms with Gasteiger partial charge in [-0.25, -0.2) is 4.79 Å². The molecule has 2 saturated heterocycles. The minimum Gasteiger partial charge on any atom is -0.458 e. The predicted octanol–water partition coefficient (Wildman–Crippen LogP) is 5.23. The second-order valence-corrected chi connectivity index (χ2v) is 14.4. The normalized spacial score (nSPS) is 39.8. The van der Waals surface area contributed by atoms with Crippen molar-refractivity contribution in [2.75, 3.05) is 19.0 Å². The Labute approximate surface area is 223 Å². The third-order valence-corrected chi connectivity index (χ3v) is 12.4. The summed E-state index contributed by atoms with van der Waals surface area (Å²) in [6.45, 7) is 8.65. The van der Waals surface area contributed by atoms with Crippen molar-refractivity contribution in [1.82, 2.24) is 0 Å². The van der Waals surface area contributed by atoms with Gasteiger partial charge in [0, 0.05) is 22.8 Å². The molecule has 2 aliphatic heterocycles. The number of ether oxygens (including phenoxy) is 2. The number of unbranched alkanes of at least 4 members (excludes halogenated alkanes) is 1. The number of aliphatic hydroxyl groups is 2. The fraction of sp³-hybridized carbons (Fsp3) is 0.786. The summed E-state index contributed by atoms with van der Waals surface area (Å²) in [7, 11) is 3.90. The summed E-state index contributed by atoms with van der Waals surface area (Å²) in [6.07, 6.45) is 9.15. The van der Waals surface area contributed by atoms with Gasteiger partial charge < -0.3 is 19.7 Å². The Hall–Kier alpha value is -0.960. The number of allylic oxidation sites excluding steroid dienone is 2. The fourth-order valence-corrected chi connectivity index (χ4v) is 10.1. The van der Waals surface area contributed by atoms with E-state index in [4.69, 9.17) is 9.47 Å². The zero-order valence-corrected chi connectivity index (χ0v) is 23.3. The number of aliphatic hydroxyl groups excluding tert-OH is 2. The summed E-state index contributed by atoms with van der Waals surface area (Å²) >= 11 is 0. The molecule has 0 bridgehead atoms. The Morgan fingerprint density at radius 1 is 1.28 bits per heavy atom. The van der Waals surface area contributed by atoms with Crippen molar-refractivity contribution in [2.45, 2.75) is 95.5 Å². The molecule has 4 unspecified atom stereocenters. The van der Waals surface area contributed by atoms with Crippen molar-refractivity contribution >= 4 is 33.5 Å². The standard InChI is InChI=1S/C28H42O6S2/c1-18-8-11-23-27(2,14-12-24(30)28(23,3)17-29)21(18)10-9-20-22(16-33-26(20)32)34-25(31)7-5-4-6-19-13-15-35-36-19/h9,19,21-24,29-30H,1,4-8,10-17H2,2-3H3/b20-9+/t19?,21?,22?,23?,24-,27+,28+/m1/s1. The van der Waals surface area contributed by atoms with E-state index < -0.39 is 23.6 Å². The van der Waals surface area contributed by atoms with Crippen LogP contribution in [0, 0.1) is 22.7 Å². The number of carbonyl (C=O) groups is 2. The summed E-state index contributed by atoms with van der Waals surface area (Å²) in [5.74, 6) is 0.827. The van der Waals surface area contributed by atoms with Gasteiger partial charge in [-0.1, -0.05) is 60.1 Å². The molecule has 0 amide bonds. The monoisotopic (exact) mass is 538 g/mol. The Morgan fingerprint density at radius 3 is 2.81 bits per heavy atom. The first-order valence-electron chi connectivity index (χ1n) is 13.5. The lowest BCUT2D eigenvalue weighted by molar-refractivity contribution is -0.151. The number of fused-ring (bicyclic) bond motifs is 1. The summed E-state index contributed by atoms with van der Waals surface area (Å²) < 4.78 is 10.9. The maximum absolute atomic E-state index is 12.5. The largest absolute Gasteiger partial charge is 0.458 e. The minimum atomic E-state index is -0.650. The van der Waals surface area contributed by atoms with Crippen LogP contribution in [0.2, 0.25) is 0 Å². The van der Waals surface area contributed by atoms with Gasteiger partial charge in [0.05, 0.1) is 18.3 Å². The minimum absolute atomic E-state index is 0.0441. The molecule has 2 heterocycles. The lowest BCUT2D eigenvalue weighted by Crippen LogP contribution is -2.57. The van der Waals surface area contributed by atoms with Gasteiger partial charge in [-0.3, -0.25) is 4.79 Å². The van der Waals surface area contributed by atoms with Gasteiger partial charge in [0.1, 0.15) is 6.61 Å². The van der Waals surface area contributed by atoms with E-state index in [-0.39, 0.29) is 36.4 Å². The van der Waals surface area contributed by atoms with E-state index in [9.17, 15) is 19.8 Å². The van der Waals surface area contributed by atoms with E-state index in [1.54, 1.807) is 0 Å². The quantitative estimate of drug-likeness (QED) is 0.136. The third-order valence-electron chi connectivity index (χ3n) is 9.37. The summed E-state index contributed by atoms with van der Waals surface area (Å²) in [5.41, 5.74) is 0.912. The Bertz CT molecular complexity index is 868. The molecule has 0 spiro atoms. The highest BCUT2D eigenvalue weighted by Gasteiger charge is 2.57. The molecular formula is C28H42O6S2. The third kappa shape index (κ3) is 5.71. The van der Waals surface area contributed by atoms with Crippen LogP contribution in [0.3, 0.4) is 0 Å². The first-order chi connectivity index (χ1) is 17.2. The molecule has 6 nitrogen and oxygen atoms in total. The maximum Gasteiger partial charge on any atom is 0.337 e. The Morgan fingerprint density at radius 2 is 2.08 bits per heavy atom. The lowest BCUT2D eigenvalue weighted by Gasteiger charge is -2.59. The van der Waals surface area contributed by atoms with Crippen LogP contribution in [0.4, 0.5) is 0 Å². The molecule has 8 heteroatoms. The van der Waals surface area contributed by atoms with Gasteiger partial charge in [-0.2, -0.15) is 0 Å². The van der Waals surface area contributed by atoms with Crippen molar-refractivity contribution in [3.8, 4) is 0 Å². The first-order valence-corrected chi connectivity index (χ1v) is 15.9. The molecule has 7 atom stereocenters. The van der Waals surface area contributed by atoms with Gasteiger partial charge in [0.15, 0.2) is 6.10 Å². The maximum atomic E-state index is 12.5. The summed E-state index contributed by atoms with van der Waals surface area (Å²) in [4.78, 5) is 25.0. The Kier molecular flexibility index (Phi) is 9.22. The molecule has 4 aliphatic rings. The van der Waals surface area contributed by atoms with Crippen LogP contribution in [0.15, 0.2) is 23.8 Å². The van der Waals surface area contributed by atoms with Crippen molar-refractivity contribution < 1.29 is 29.3 Å². The van der Waals surface area contributed by atoms with E-state index in [2.05, 4.69) is 13.5 Å². The van der Waals surface area contributed by atoms with Crippen LogP contribution in [-0.4, -0.2) is 58.6 Å². The van der Waals surface area contributed by atoms with Crippen LogP contribution in [-0.2, 0) is 19.1 Å². The zero-order chi connectivity index (χ0) is 25.9. The van der Waals surface area contributed by atoms with E-state index in [0.717, 1.165) is 44.1 Å². The highest BCUT2D eigenvalue weighted by atomic mass is 33.1. The van der Waals surface area contributed by atoms with E-state index in [0.29, 0.717) is 30.1 Å². The van der Waals surface area contributed by atoms with Crippen molar-refractivity contribution in [3.05, 3.63) is 23.8 Å². The van der Waals surface area contributed by atoms with Crippen molar-refractivity contribution in [2.24, 2.45) is 22.7 Å². The van der Waals surface area contributed by atoms with E-state index >= 15 is 0 Å². The molecule has 0 aromatic rings. The molecule has 0 radical (unpaired) electrons. The average Bonchev–Trinajstić information content (AvgIpc) is 3.49. The number of cyclic esters (lactones) is 1. The Balaban J connectivity index is 1.37. The SMILES string of the molecule is C=C1CCC2[C@@](C)(CC[C@@H](O)[C@@]2(C)CO)C1C/C=C1/C(=O)OCC1OC(=O)CCCCC1CCSS1. The van der Waals surface area contributed by atoms with Crippen LogP contribution < -0.4 is 0 Å². The summed E-state index contributed by atoms with van der Waals surface area (Å²) in [5, 5.41) is 21.6. The van der Waals surface area contributed by atoms with E-state index in [1.807, 2.05) is 34.6 Å². The predicted molar refractivity (Wildman–Crippen MR) is 144 cm³/mol. The zero-order valence-electron chi connectivity index (χ0n) is 21.7. The number of esters is 2. The van der Waals surface area contributed by atoms with Gasteiger partial charge in [0.25, 0.3) is 0 Å². The highest BCUT2D eigenvalue weighted by Crippen LogP contribution is 2.61. The second-order valence-electron chi connectivity index (χ2n) is 11.6. The molecule has 4 fully saturated rings. The van der Waals surface area contributed by atoms with E-state index in [1.165, 1.54) is 12.2 Å².